The van der Waals surface area contributed by atoms with Crippen molar-refractivity contribution in [3.63, 3.8) is 0 Å². The fraction of sp³-hybridized carbons (Fsp3) is 0.167. The van der Waals surface area contributed by atoms with Crippen molar-refractivity contribution in [2.45, 2.75) is 13.5 Å². The Balaban J connectivity index is 1.50. The Labute approximate surface area is 202 Å². The van der Waals surface area contributed by atoms with Gasteiger partial charge in [0.25, 0.3) is 0 Å². The third-order valence-electron chi connectivity index (χ3n) is 4.90. The molecule has 0 aliphatic carbocycles. The zero-order valence-corrected chi connectivity index (χ0v) is 20.4. The first-order valence-electron chi connectivity index (χ1n) is 10.0. The molecule has 164 valence electrons. The molecule has 4 rings (SSSR count). The average molecular weight is 560 g/mol. The second-order valence-corrected chi connectivity index (χ2v) is 8.71. The van der Waals surface area contributed by atoms with E-state index in [0.29, 0.717) is 31.3 Å². The Morgan fingerprint density at radius 2 is 1.81 bits per heavy atom. The fourth-order valence-corrected chi connectivity index (χ4v) is 4.33. The van der Waals surface area contributed by atoms with E-state index in [1.807, 2.05) is 37.3 Å². The lowest BCUT2D eigenvalue weighted by Crippen LogP contribution is -2.11. The van der Waals surface area contributed by atoms with Crippen LogP contribution in [0.5, 0.6) is 11.6 Å². The van der Waals surface area contributed by atoms with Crippen molar-refractivity contribution in [1.82, 2.24) is 9.78 Å². The second-order valence-electron chi connectivity index (χ2n) is 7.00. The van der Waals surface area contributed by atoms with Gasteiger partial charge in [-0.1, -0.05) is 40.2 Å². The maximum atomic E-state index is 11.1. The molecule has 0 saturated heterocycles. The van der Waals surface area contributed by atoms with Crippen molar-refractivity contribution < 1.29 is 19.4 Å². The molecule has 0 aliphatic rings. The number of benzene rings is 3. The summed E-state index contributed by atoms with van der Waals surface area (Å²) in [5.41, 5.74) is 1.77. The van der Waals surface area contributed by atoms with Gasteiger partial charge in [-0.2, -0.15) is 5.10 Å². The number of carbonyl (C=O) groups is 1. The standard InChI is InChI=1S/C24H20Br2N2O4/c1-2-31-22-14-20(15-3-5-16(6-4-15)24(29)30)27-28(22)11-12-32-21-10-7-17-13-18(25)8-9-19(17)23(21)26/h3-10,13-14H,2,11-12H2,1H3,(H,29,30). The van der Waals surface area contributed by atoms with Crippen LogP contribution in [0.3, 0.4) is 0 Å². The lowest BCUT2D eigenvalue weighted by atomic mass is 10.1. The molecule has 32 heavy (non-hydrogen) atoms. The molecular weight excluding hydrogens is 540 g/mol. The Kier molecular flexibility index (Phi) is 6.81. The zero-order valence-electron chi connectivity index (χ0n) is 17.2. The van der Waals surface area contributed by atoms with Gasteiger partial charge in [-0.15, -0.1) is 0 Å². The summed E-state index contributed by atoms with van der Waals surface area (Å²) in [4.78, 5) is 11.1. The number of aromatic carboxylic acids is 1. The van der Waals surface area contributed by atoms with Gasteiger partial charge < -0.3 is 14.6 Å². The van der Waals surface area contributed by atoms with E-state index in [-0.39, 0.29) is 5.56 Å². The molecule has 0 saturated carbocycles. The number of fused-ring (bicyclic) bond motifs is 1. The first-order valence-corrected chi connectivity index (χ1v) is 11.6. The molecule has 0 unspecified atom stereocenters. The molecule has 8 heteroatoms. The van der Waals surface area contributed by atoms with Crippen LogP contribution in [-0.2, 0) is 6.54 Å². The van der Waals surface area contributed by atoms with Crippen molar-refractivity contribution in [2.75, 3.05) is 13.2 Å². The Morgan fingerprint density at radius 1 is 1.03 bits per heavy atom. The highest BCUT2D eigenvalue weighted by atomic mass is 79.9. The third kappa shape index (κ3) is 4.81. The molecule has 0 fully saturated rings. The summed E-state index contributed by atoms with van der Waals surface area (Å²) in [6.45, 7) is 3.32. The van der Waals surface area contributed by atoms with E-state index in [1.54, 1.807) is 28.9 Å². The van der Waals surface area contributed by atoms with Gasteiger partial charge >= 0.3 is 5.97 Å². The highest BCUT2D eigenvalue weighted by molar-refractivity contribution is 9.11. The number of aromatic nitrogens is 2. The lowest BCUT2D eigenvalue weighted by Gasteiger charge is -2.12. The van der Waals surface area contributed by atoms with Crippen molar-refractivity contribution in [2.24, 2.45) is 0 Å². The molecule has 1 heterocycles. The number of halogens is 2. The third-order valence-corrected chi connectivity index (χ3v) is 6.22. The molecule has 1 N–H and O–H groups in total. The highest BCUT2D eigenvalue weighted by Crippen LogP contribution is 2.34. The molecular formula is C24H20Br2N2O4. The molecule has 3 aromatic carbocycles. The van der Waals surface area contributed by atoms with Gasteiger partial charge in [0.2, 0.25) is 5.88 Å². The molecule has 1 aromatic heterocycles. The van der Waals surface area contributed by atoms with Crippen LogP contribution in [0, 0.1) is 0 Å². The van der Waals surface area contributed by atoms with E-state index < -0.39 is 5.97 Å². The zero-order chi connectivity index (χ0) is 22.7. The number of hydrogen-bond acceptors (Lipinski definition) is 4. The van der Waals surface area contributed by atoms with Gasteiger partial charge in [-0.3, -0.25) is 0 Å². The summed E-state index contributed by atoms with van der Waals surface area (Å²) in [6, 6.07) is 18.5. The normalized spacial score (nSPS) is 11.0. The SMILES string of the molecule is CCOc1cc(-c2ccc(C(=O)O)cc2)nn1CCOc1ccc2cc(Br)ccc2c1Br. The van der Waals surface area contributed by atoms with E-state index >= 15 is 0 Å². The number of carboxylic acid groups (broad SMARTS) is 1. The summed E-state index contributed by atoms with van der Waals surface area (Å²) < 4.78 is 15.5. The van der Waals surface area contributed by atoms with Gasteiger partial charge in [-0.05, 0) is 64.0 Å². The molecule has 0 spiro atoms. The number of nitrogens with zero attached hydrogens (tertiary/aromatic N) is 2. The minimum absolute atomic E-state index is 0.236. The Hall–Kier alpha value is -2.84. The predicted molar refractivity (Wildman–Crippen MR) is 131 cm³/mol. The smallest absolute Gasteiger partial charge is 0.335 e. The largest absolute Gasteiger partial charge is 0.490 e. The van der Waals surface area contributed by atoms with Crippen molar-refractivity contribution in [1.29, 1.82) is 0 Å². The first-order chi connectivity index (χ1) is 15.5. The number of carboxylic acids is 1. The van der Waals surface area contributed by atoms with Crippen LogP contribution < -0.4 is 9.47 Å². The van der Waals surface area contributed by atoms with Crippen LogP contribution in [-0.4, -0.2) is 34.1 Å². The summed E-state index contributed by atoms with van der Waals surface area (Å²) in [6.07, 6.45) is 0. The van der Waals surface area contributed by atoms with Crippen LogP contribution in [0.25, 0.3) is 22.0 Å². The van der Waals surface area contributed by atoms with Crippen LogP contribution in [0.4, 0.5) is 0 Å². The Morgan fingerprint density at radius 3 is 2.53 bits per heavy atom. The van der Waals surface area contributed by atoms with Crippen molar-refractivity contribution in [3.05, 3.63) is 75.2 Å². The van der Waals surface area contributed by atoms with E-state index in [9.17, 15) is 4.79 Å². The monoisotopic (exact) mass is 558 g/mol. The topological polar surface area (TPSA) is 73.6 Å². The Bertz CT molecular complexity index is 1270. The summed E-state index contributed by atoms with van der Waals surface area (Å²) in [5.74, 6) is 0.437. The van der Waals surface area contributed by atoms with Crippen LogP contribution in [0.15, 0.2) is 69.6 Å². The van der Waals surface area contributed by atoms with Crippen LogP contribution in [0.2, 0.25) is 0 Å². The number of ether oxygens (including phenoxy) is 2. The maximum absolute atomic E-state index is 11.1. The molecule has 0 bridgehead atoms. The van der Waals surface area contributed by atoms with E-state index in [0.717, 1.165) is 31.0 Å². The lowest BCUT2D eigenvalue weighted by molar-refractivity contribution is 0.0697. The molecule has 0 atom stereocenters. The molecule has 0 aliphatic heterocycles. The minimum atomic E-state index is -0.957. The predicted octanol–water partition coefficient (Wildman–Crippen LogP) is 6.40. The van der Waals surface area contributed by atoms with Gasteiger partial charge in [0.15, 0.2) is 0 Å². The van der Waals surface area contributed by atoms with E-state index in [4.69, 9.17) is 14.6 Å². The maximum Gasteiger partial charge on any atom is 0.335 e. The average Bonchev–Trinajstić information content (AvgIpc) is 3.18. The highest BCUT2D eigenvalue weighted by Gasteiger charge is 2.13. The second kappa shape index (κ2) is 9.75. The van der Waals surface area contributed by atoms with E-state index in [2.05, 4.69) is 43.0 Å². The quantitative estimate of drug-likeness (QED) is 0.270. The fourth-order valence-electron chi connectivity index (χ4n) is 3.34. The summed E-state index contributed by atoms with van der Waals surface area (Å²) in [7, 11) is 0. The number of rotatable bonds is 8. The number of hydrogen-bond donors (Lipinski definition) is 1. The van der Waals surface area contributed by atoms with Crippen LogP contribution in [0.1, 0.15) is 17.3 Å². The molecule has 0 radical (unpaired) electrons. The molecule has 4 aromatic rings. The van der Waals surface area contributed by atoms with Crippen molar-refractivity contribution >= 4 is 48.6 Å². The minimum Gasteiger partial charge on any atom is -0.490 e. The summed E-state index contributed by atoms with van der Waals surface area (Å²) in [5, 5.41) is 15.9. The van der Waals surface area contributed by atoms with Crippen LogP contribution >= 0.6 is 31.9 Å². The van der Waals surface area contributed by atoms with Gasteiger partial charge in [-0.25, -0.2) is 9.48 Å². The van der Waals surface area contributed by atoms with Crippen molar-refractivity contribution in [3.8, 4) is 22.9 Å². The molecule has 6 nitrogen and oxygen atoms in total. The summed E-state index contributed by atoms with van der Waals surface area (Å²) >= 11 is 7.15. The van der Waals surface area contributed by atoms with Gasteiger partial charge in [0.1, 0.15) is 12.4 Å². The van der Waals surface area contributed by atoms with Gasteiger partial charge in [0, 0.05) is 16.1 Å². The first kappa shape index (κ1) is 22.4. The van der Waals surface area contributed by atoms with E-state index in [1.165, 1.54) is 0 Å². The molecule has 0 amide bonds. The van der Waals surface area contributed by atoms with Gasteiger partial charge in [0.05, 0.1) is 28.9 Å².